The maximum atomic E-state index is 14.9. The Labute approximate surface area is 182 Å². The Morgan fingerprint density at radius 1 is 1.19 bits per heavy atom. The van der Waals surface area contributed by atoms with Crippen LogP contribution in [-0.4, -0.2) is 41.8 Å². The van der Waals surface area contributed by atoms with Crippen LogP contribution in [0.2, 0.25) is 0 Å². The van der Waals surface area contributed by atoms with Crippen molar-refractivity contribution in [3.63, 3.8) is 0 Å². The van der Waals surface area contributed by atoms with Gasteiger partial charge in [0, 0.05) is 18.8 Å². The molecule has 1 aromatic carbocycles. The van der Waals surface area contributed by atoms with E-state index in [9.17, 15) is 9.18 Å². The molecule has 0 aliphatic carbocycles. The number of ether oxygens (including phenoxy) is 1. The van der Waals surface area contributed by atoms with Crippen LogP contribution in [-0.2, 0) is 6.54 Å². The minimum Gasteiger partial charge on any atom is -0.493 e. The summed E-state index contributed by atoms with van der Waals surface area (Å²) in [5, 5.41) is 10.9. The minimum absolute atomic E-state index is 0.179. The van der Waals surface area contributed by atoms with Crippen molar-refractivity contribution in [1.29, 1.82) is 0 Å². The summed E-state index contributed by atoms with van der Waals surface area (Å²) in [4.78, 5) is 21.8. The fourth-order valence-electron chi connectivity index (χ4n) is 3.59. The zero-order valence-electron chi connectivity index (χ0n) is 17.3. The quantitative estimate of drug-likeness (QED) is 0.494. The number of imidazole rings is 1. The van der Waals surface area contributed by atoms with Crippen LogP contribution in [0.25, 0.3) is 17.2 Å². The van der Waals surface area contributed by atoms with Gasteiger partial charge in [-0.1, -0.05) is 6.07 Å². The third-order valence-electron chi connectivity index (χ3n) is 5.17. The number of anilines is 1. The van der Waals surface area contributed by atoms with Gasteiger partial charge in [0.15, 0.2) is 11.6 Å². The lowest BCUT2D eigenvalue weighted by Crippen LogP contribution is -2.17. The van der Waals surface area contributed by atoms with E-state index in [2.05, 4.69) is 25.5 Å². The Kier molecular flexibility index (Phi) is 5.10. The molecule has 1 amide bonds. The maximum Gasteiger partial charge on any atom is 0.260 e. The molecule has 162 valence electrons. The van der Waals surface area contributed by atoms with E-state index in [-0.39, 0.29) is 17.0 Å². The highest BCUT2D eigenvalue weighted by Gasteiger charge is 2.20. The Bertz CT molecular complexity index is 1300. The van der Waals surface area contributed by atoms with Crippen molar-refractivity contribution in [1.82, 2.24) is 29.3 Å². The molecule has 0 fully saturated rings. The average molecular weight is 433 g/mol. The number of benzene rings is 1. The number of hydrogen-bond donors (Lipinski definition) is 1. The summed E-state index contributed by atoms with van der Waals surface area (Å²) < 4.78 is 24.2. The number of amides is 1. The van der Waals surface area contributed by atoms with E-state index >= 15 is 0 Å². The number of aryl methyl sites for hydroxylation is 2. The molecule has 0 unspecified atom stereocenters. The van der Waals surface area contributed by atoms with E-state index in [1.807, 2.05) is 17.6 Å². The van der Waals surface area contributed by atoms with Gasteiger partial charge in [0.05, 0.1) is 29.9 Å². The number of nitrogens with one attached hydrogen (secondary N) is 1. The van der Waals surface area contributed by atoms with E-state index in [0.29, 0.717) is 36.9 Å². The molecule has 0 radical (unpaired) electrons. The SMILES string of the molecule is Cc1cn(-c2cc3c(cc2F)OCCCCn2cnnc2-c2cccc(n2)NC3=O)cn1. The molecule has 1 N–H and O–H groups in total. The number of rotatable bonds is 1. The molecule has 0 saturated heterocycles. The van der Waals surface area contributed by atoms with Gasteiger partial charge in [0.2, 0.25) is 0 Å². The van der Waals surface area contributed by atoms with Crippen molar-refractivity contribution in [3.8, 4) is 23.0 Å². The molecular formula is C22H20FN7O2. The number of pyridine rings is 1. The highest BCUT2D eigenvalue weighted by atomic mass is 19.1. The largest absolute Gasteiger partial charge is 0.493 e. The summed E-state index contributed by atoms with van der Waals surface area (Å²) in [7, 11) is 0. The summed E-state index contributed by atoms with van der Waals surface area (Å²) in [6.07, 6.45) is 6.34. The summed E-state index contributed by atoms with van der Waals surface area (Å²) in [5.41, 5.74) is 1.75. The van der Waals surface area contributed by atoms with Crippen molar-refractivity contribution in [2.24, 2.45) is 0 Å². The molecule has 1 aliphatic heterocycles. The molecular weight excluding hydrogens is 413 g/mol. The second-order valence-corrected chi connectivity index (χ2v) is 7.49. The van der Waals surface area contributed by atoms with E-state index in [4.69, 9.17) is 4.74 Å². The fourth-order valence-corrected chi connectivity index (χ4v) is 3.59. The average Bonchev–Trinajstić information content (AvgIpc) is 3.42. The predicted molar refractivity (Wildman–Crippen MR) is 114 cm³/mol. The molecule has 3 aromatic heterocycles. The summed E-state index contributed by atoms with van der Waals surface area (Å²) in [5.74, 6) is 0.179. The van der Waals surface area contributed by atoms with Crippen LogP contribution >= 0.6 is 0 Å². The first-order chi connectivity index (χ1) is 15.6. The van der Waals surface area contributed by atoms with Gasteiger partial charge in [0.25, 0.3) is 5.91 Å². The van der Waals surface area contributed by atoms with E-state index in [1.54, 1.807) is 24.7 Å². The lowest BCUT2D eigenvalue weighted by Gasteiger charge is -2.15. The molecule has 4 aromatic rings. The van der Waals surface area contributed by atoms with Crippen LogP contribution in [0.1, 0.15) is 28.9 Å². The van der Waals surface area contributed by atoms with Crippen LogP contribution in [0.5, 0.6) is 5.75 Å². The number of carbonyl (C=O) groups excluding carboxylic acids is 1. The van der Waals surface area contributed by atoms with Crippen molar-refractivity contribution >= 4 is 11.7 Å². The first-order valence-electron chi connectivity index (χ1n) is 10.2. The summed E-state index contributed by atoms with van der Waals surface area (Å²) in [6, 6.07) is 7.98. The van der Waals surface area contributed by atoms with Gasteiger partial charge in [-0.3, -0.25) is 4.79 Å². The molecule has 0 saturated carbocycles. The molecule has 5 rings (SSSR count). The predicted octanol–water partition coefficient (Wildman–Crippen LogP) is 3.40. The Morgan fingerprint density at radius 3 is 2.94 bits per heavy atom. The third kappa shape index (κ3) is 3.82. The van der Waals surface area contributed by atoms with Gasteiger partial charge in [-0.25, -0.2) is 14.4 Å². The van der Waals surface area contributed by atoms with Gasteiger partial charge >= 0.3 is 0 Å². The molecule has 9 nitrogen and oxygen atoms in total. The van der Waals surface area contributed by atoms with Gasteiger partial charge in [-0.15, -0.1) is 10.2 Å². The molecule has 32 heavy (non-hydrogen) atoms. The number of fused-ring (bicyclic) bond motifs is 5. The van der Waals surface area contributed by atoms with Crippen molar-refractivity contribution in [3.05, 3.63) is 66.3 Å². The first kappa shape index (κ1) is 19.9. The Morgan fingerprint density at radius 2 is 2.09 bits per heavy atom. The Hall–Kier alpha value is -4.08. The van der Waals surface area contributed by atoms with E-state index < -0.39 is 11.7 Å². The second-order valence-electron chi connectivity index (χ2n) is 7.49. The normalized spacial score (nSPS) is 14.0. The van der Waals surface area contributed by atoms with Crippen LogP contribution in [0.15, 0.2) is 49.2 Å². The Balaban J connectivity index is 1.57. The topological polar surface area (TPSA) is 99.8 Å². The second kappa shape index (κ2) is 8.22. The van der Waals surface area contributed by atoms with Gasteiger partial charge in [-0.2, -0.15) is 0 Å². The van der Waals surface area contributed by atoms with Gasteiger partial charge < -0.3 is 19.2 Å². The minimum atomic E-state index is -0.510. The van der Waals surface area contributed by atoms with Crippen LogP contribution < -0.4 is 10.1 Å². The number of carbonyl (C=O) groups is 1. The number of aromatic nitrogens is 6. The van der Waals surface area contributed by atoms with Crippen LogP contribution in [0.4, 0.5) is 10.2 Å². The summed E-state index contributed by atoms with van der Waals surface area (Å²) >= 11 is 0. The first-order valence-corrected chi connectivity index (χ1v) is 10.2. The smallest absolute Gasteiger partial charge is 0.260 e. The zero-order valence-corrected chi connectivity index (χ0v) is 17.3. The van der Waals surface area contributed by atoms with Crippen molar-refractivity contribution in [2.75, 3.05) is 11.9 Å². The van der Waals surface area contributed by atoms with Crippen molar-refractivity contribution in [2.45, 2.75) is 26.3 Å². The van der Waals surface area contributed by atoms with Crippen LogP contribution in [0.3, 0.4) is 0 Å². The lowest BCUT2D eigenvalue weighted by atomic mass is 10.1. The van der Waals surface area contributed by atoms with E-state index in [0.717, 1.165) is 12.1 Å². The maximum absolute atomic E-state index is 14.9. The number of hydrogen-bond acceptors (Lipinski definition) is 6. The highest BCUT2D eigenvalue weighted by Crippen LogP contribution is 2.28. The van der Waals surface area contributed by atoms with Gasteiger partial charge in [0.1, 0.15) is 23.6 Å². The highest BCUT2D eigenvalue weighted by molar-refractivity contribution is 6.06. The van der Waals surface area contributed by atoms with Gasteiger partial charge in [-0.05, 0) is 38.0 Å². The number of nitrogens with zero attached hydrogens (tertiary/aromatic N) is 6. The fraction of sp³-hybridized carbons (Fsp3) is 0.227. The standard InChI is InChI=1S/C22H20FN7O2/c1-14-11-30(12-24-14)18-9-15-19(10-16(18)23)32-8-3-2-7-29-13-25-28-21(29)17-5-4-6-20(26-17)27-22(15)31/h4-6,9-13H,2-3,7-8H2,1H3,(H,26,27,31). The monoisotopic (exact) mass is 433 g/mol. The zero-order chi connectivity index (χ0) is 22.1. The molecule has 0 atom stereocenters. The molecule has 1 aliphatic rings. The summed E-state index contributed by atoms with van der Waals surface area (Å²) in [6.45, 7) is 2.83. The molecule has 10 heteroatoms. The molecule has 4 heterocycles. The third-order valence-corrected chi connectivity index (χ3v) is 5.17. The van der Waals surface area contributed by atoms with E-state index in [1.165, 1.54) is 23.0 Å². The molecule has 0 spiro atoms. The van der Waals surface area contributed by atoms with Crippen LogP contribution in [0, 0.1) is 12.7 Å². The molecule has 2 bridgehead atoms. The van der Waals surface area contributed by atoms with Crippen molar-refractivity contribution < 1.29 is 13.9 Å². The lowest BCUT2D eigenvalue weighted by molar-refractivity contribution is 0.102. The number of halogens is 1.